The minimum atomic E-state index is -3.66. The van der Waals surface area contributed by atoms with Crippen molar-refractivity contribution in [3.63, 3.8) is 0 Å². The van der Waals surface area contributed by atoms with E-state index >= 15 is 0 Å². The number of carbonyl (C=O) groups is 1. The number of rotatable bonds is 3. The summed E-state index contributed by atoms with van der Waals surface area (Å²) in [7, 11) is -3.66. The molecule has 202 valence electrons. The Morgan fingerprint density at radius 3 is 2.42 bits per heavy atom. The molecule has 0 unspecified atom stereocenters. The average molecular weight is 559 g/mol. The first-order valence-corrected chi connectivity index (χ1v) is 14.8. The monoisotopic (exact) mass is 558 g/mol. The summed E-state index contributed by atoms with van der Waals surface area (Å²) in [5.41, 5.74) is 1.77. The Morgan fingerprint density at radius 2 is 1.76 bits per heavy atom. The number of sulfone groups is 1. The zero-order valence-corrected chi connectivity index (χ0v) is 23.5. The third-order valence-electron chi connectivity index (χ3n) is 6.65. The van der Waals surface area contributed by atoms with Crippen molar-refractivity contribution in [2.75, 3.05) is 37.3 Å². The number of halogens is 1. The number of aromatic nitrogens is 2. The maximum absolute atomic E-state index is 12.5. The van der Waals surface area contributed by atoms with Crippen molar-refractivity contribution in [3.8, 4) is 0 Å². The second-order valence-electron chi connectivity index (χ2n) is 10.7. The van der Waals surface area contributed by atoms with Gasteiger partial charge in [-0.3, -0.25) is 0 Å². The van der Waals surface area contributed by atoms with Crippen LogP contribution < -0.4 is 4.90 Å². The van der Waals surface area contributed by atoms with Gasteiger partial charge in [-0.2, -0.15) is 0 Å². The highest BCUT2D eigenvalue weighted by molar-refractivity contribution is 7.90. The predicted octanol–water partition coefficient (Wildman–Crippen LogP) is 4.56. The number of benzene rings is 2. The van der Waals surface area contributed by atoms with E-state index in [1.807, 2.05) is 62.1 Å². The zero-order chi connectivity index (χ0) is 27.2. The summed E-state index contributed by atoms with van der Waals surface area (Å²) in [5, 5.41) is 2.35. The van der Waals surface area contributed by atoms with Crippen LogP contribution in [0.25, 0.3) is 10.8 Å². The molecule has 0 N–H and O–H groups in total. The van der Waals surface area contributed by atoms with Crippen LogP contribution in [0.2, 0.25) is 5.02 Å². The summed E-state index contributed by atoms with van der Waals surface area (Å²) in [6, 6.07) is 11.7. The highest BCUT2D eigenvalue weighted by Gasteiger charge is 2.33. The molecule has 2 aliphatic heterocycles. The summed E-state index contributed by atoms with van der Waals surface area (Å²) in [5.74, 6) is 0.536. The Morgan fingerprint density at radius 1 is 1.08 bits per heavy atom. The molecule has 0 saturated carbocycles. The Balaban J connectivity index is 1.45. The third-order valence-corrected chi connectivity index (χ3v) is 7.81. The van der Waals surface area contributed by atoms with E-state index in [4.69, 9.17) is 21.1 Å². The van der Waals surface area contributed by atoms with Crippen LogP contribution >= 0.6 is 11.6 Å². The van der Waals surface area contributed by atoms with E-state index in [0.717, 1.165) is 28.2 Å². The molecule has 1 fully saturated rings. The van der Waals surface area contributed by atoms with E-state index in [1.165, 1.54) is 0 Å². The molecular formula is C27H31ClN4O5S. The minimum absolute atomic E-state index is 0.211. The van der Waals surface area contributed by atoms with Gasteiger partial charge in [0.1, 0.15) is 11.4 Å². The molecule has 2 aliphatic rings. The lowest BCUT2D eigenvalue weighted by Crippen LogP contribution is -2.50. The Bertz CT molecular complexity index is 1490. The number of ether oxygens (including phenoxy) is 2. The predicted molar refractivity (Wildman–Crippen MR) is 145 cm³/mol. The quantitative estimate of drug-likeness (QED) is 0.431. The van der Waals surface area contributed by atoms with Crippen molar-refractivity contribution in [2.45, 2.75) is 50.7 Å². The molecular weight excluding hydrogens is 528 g/mol. The molecule has 0 aliphatic carbocycles. The summed E-state index contributed by atoms with van der Waals surface area (Å²) in [6.07, 6.45) is 0.791. The minimum Gasteiger partial charge on any atom is -0.444 e. The van der Waals surface area contributed by atoms with E-state index in [9.17, 15) is 13.2 Å². The highest BCUT2D eigenvalue weighted by Crippen LogP contribution is 2.39. The Hall–Kier alpha value is -2.95. The van der Waals surface area contributed by atoms with Gasteiger partial charge >= 0.3 is 6.09 Å². The first kappa shape index (κ1) is 26.6. The lowest BCUT2D eigenvalue weighted by Gasteiger charge is -2.38. The molecule has 0 radical (unpaired) electrons. The normalized spacial score (nSPS) is 18.4. The van der Waals surface area contributed by atoms with E-state index in [-0.39, 0.29) is 24.0 Å². The van der Waals surface area contributed by atoms with Crippen LogP contribution in [-0.2, 0) is 32.3 Å². The summed E-state index contributed by atoms with van der Waals surface area (Å²) in [6.45, 7) is 7.55. The van der Waals surface area contributed by atoms with Gasteiger partial charge in [-0.1, -0.05) is 41.9 Å². The molecule has 2 aromatic carbocycles. The van der Waals surface area contributed by atoms with Gasteiger partial charge in [0.2, 0.25) is 15.0 Å². The van der Waals surface area contributed by atoms with Gasteiger partial charge in [0.15, 0.2) is 0 Å². The lowest BCUT2D eigenvalue weighted by molar-refractivity contribution is 0.0230. The number of piperazine rings is 1. The van der Waals surface area contributed by atoms with Crippen LogP contribution in [-0.4, -0.2) is 67.4 Å². The van der Waals surface area contributed by atoms with Crippen molar-refractivity contribution in [1.82, 2.24) is 14.9 Å². The number of amides is 1. The fourth-order valence-corrected chi connectivity index (χ4v) is 5.70. The average Bonchev–Trinajstić information content (AvgIpc) is 2.86. The maximum atomic E-state index is 12.5. The van der Waals surface area contributed by atoms with Crippen LogP contribution in [0.3, 0.4) is 0 Å². The Kier molecular flexibility index (Phi) is 7.00. The van der Waals surface area contributed by atoms with Crippen molar-refractivity contribution in [2.24, 2.45) is 0 Å². The van der Waals surface area contributed by atoms with E-state index in [0.29, 0.717) is 49.1 Å². The van der Waals surface area contributed by atoms with Crippen molar-refractivity contribution in [1.29, 1.82) is 0 Å². The smallest absolute Gasteiger partial charge is 0.410 e. The molecule has 11 heteroatoms. The van der Waals surface area contributed by atoms with Crippen LogP contribution in [0.4, 0.5) is 10.6 Å². The second kappa shape index (κ2) is 9.98. The number of anilines is 1. The van der Waals surface area contributed by atoms with Gasteiger partial charge in [-0.15, -0.1) is 0 Å². The molecule has 3 aromatic rings. The van der Waals surface area contributed by atoms with Gasteiger partial charge in [-0.25, -0.2) is 23.2 Å². The SMILES string of the molecule is CC(C)(C)OC(=O)N1CCN(c2nc(S(C)(=O)=O)nc3c2CO[C@H](c2cccc4cccc(Cl)c24)C3)CC1. The Labute approximate surface area is 227 Å². The summed E-state index contributed by atoms with van der Waals surface area (Å²) in [4.78, 5) is 25.1. The van der Waals surface area contributed by atoms with Crippen LogP contribution in [0.1, 0.15) is 43.7 Å². The molecule has 0 bridgehead atoms. The number of nitrogens with zero attached hydrogens (tertiary/aromatic N) is 4. The summed E-state index contributed by atoms with van der Waals surface area (Å²) >= 11 is 6.56. The lowest BCUT2D eigenvalue weighted by atomic mass is 9.94. The number of hydrogen-bond donors (Lipinski definition) is 0. The number of fused-ring (bicyclic) bond motifs is 2. The van der Waals surface area contributed by atoms with Crippen molar-refractivity contribution >= 4 is 44.1 Å². The van der Waals surface area contributed by atoms with Crippen molar-refractivity contribution in [3.05, 3.63) is 58.2 Å². The molecule has 1 aromatic heterocycles. The van der Waals surface area contributed by atoms with Gasteiger partial charge in [0.25, 0.3) is 0 Å². The van der Waals surface area contributed by atoms with Crippen LogP contribution in [0.5, 0.6) is 0 Å². The number of hydrogen-bond acceptors (Lipinski definition) is 8. The third kappa shape index (κ3) is 5.43. The van der Waals surface area contributed by atoms with E-state index in [2.05, 4.69) is 9.97 Å². The molecule has 1 atom stereocenters. The first-order chi connectivity index (χ1) is 17.9. The van der Waals surface area contributed by atoms with Crippen molar-refractivity contribution < 1.29 is 22.7 Å². The van der Waals surface area contributed by atoms with Crippen LogP contribution in [0.15, 0.2) is 41.6 Å². The number of carbonyl (C=O) groups excluding carboxylic acids is 1. The zero-order valence-electron chi connectivity index (χ0n) is 21.9. The molecule has 9 nitrogen and oxygen atoms in total. The van der Waals surface area contributed by atoms with Crippen LogP contribution in [0, 0.1) is 0 Å². The van der Waals surface area contributed by atoms with E-state index in [1.54, 1.807) is 4.90 Å². The molecule has 38 heavy (non-hydrogen) atoms. The molecule has 5 rings (SSSR count). The second-order valence-corrected chi connectivity index (χ2v) is 13.0. The standard InChI is InChI=1S/C27H31ClN4O5S/c1-27(2,3)37-26(33)32-13-11-31(12-14-32)24-19-16-36-22(15-21(19)29-25(30-24)38(4,34)35)18-9-5-7-17-8-6-10-20(28)23(17)18/h5-10,22H,11-16H2,1-4H3/t22-/m0/s1. The molecule has 1 amide bonds. The molecule has 1 saturated heterocycles. The van der Waals surface area contributed by atoms with Gasteiger partial charge in [0.05, 0.1) is 18.4 Å². The molecule has 0 spiro atoms. The van der Waals surface area contributed by atoms with Gasteiger partial charge < -0.3 is 19.3 Å². The largest absolute Gasteiger partial charge is 0.444 e. The topological polar surface area (TPSA) is 102 Å². The summed E-state index contributed by atoms with van der Waals surface area (Å²) < 4.78 is 36.9. The van der Waals surface area contributed by atoms with E-state index < -0.39 is 15.4 Å². The maximum Gasteiger partial charge on any atom is 0.410 e. The first-order valence-electron chi connectivity index (χ1n) is 12.5. The fraction of sp³-hybridized carbons (Fsp3) is 0.444. The van der Waals surface area contributed by atoms with Gasteiger partial charge in [0, 0.05) is 54.8 Å². The van der Waals surface area contributed by atoms with Gasteiger partial charge in [-0.05, 0) is 37.8 Å². The fourth-order valence-electron chi connectivity index (χ4n) is 4.88. The highest BCUT2D eigenvalue weighted by atomic mass is 35.5. The molecule has 3 heterocycles.